The molecule has 184 valence electrons. The van der Waals surface area contributed by atoms with E-state index < -0.39 is 0 Å². The Labute approximate surface area is 208 Å². The molecular formula is C30H35NO4. The van der Waals surface area contributed by atoms with Crippen molar-refractivity contribution in [2.75, 3.05) is 19.8 Å². The molecule has 3 aliphatic rings. The smallest absolute Gasteiger partial charge is 0.410 e. The van der Waals surface area contributed by atoms with Crippen molar-refractivity contribution in [3.63, 3.8) is 0 Å². The average Bonchev–Trinajstić information content (AvgIpc) is 3.20. The Kier molecular flexibility index (Phi) is 7.33. The predicted octanol–water partition coefficient (Wildman–Crippen LogP) is 6.12. The van der Waals surface area contributed by atoms with Crippen LogP contribution < -0.4 is 0 Å². The lowest BCUT2D eigenvalue weighted by molar-refractivity contribution is -0.131. The second-order valence-electron chi connectivity index (χ2n) is 10.1. The lowest BCUT2D eigenvalue weighted by Gasteiger charge is -2.47. The number of carbonyl (C=O) groups excluding carboxylic acids is 2. The zero-order valence-electron chi connectivity index (χ0n) is 20.4. The number of unbranched alkanes of at least 4 members (excludes halogenated alkanes) is 3. The van der Waals surface area contributed by atoms with Crippen molar-refractivity contribution in [3.05, 3.63) is 72.3 Å². The van der Waals surface area contributed by atoms with E-state index in [4.69, 9.17) is 9.47 Å². The Hall–Kier alpha value is -2.92. The van der Waals surface area contributed by atoms with Crippen LogP contribution in [0.2, 0.25) is 0 Å². The summed E-state index contributed by atoms with van der Waals surface area (Å²) < 4.78 is 11.7. The van der Waals surface area contributed by atoms with Gasteiger partial charge >= 0.3 is 6.09 Å². The highest BCUT2D eigenvalue weighted by Gasteiger charge is 2.44. The molecule has 2 unspecified atom stereocenters. The molecule has 5 nitrogen and oxygen atoms in total. The monoisotopic (exact) mass is 473 g/mol. The summed E-state index contributed by atoms with van der Waals surface area (Å²) in [4.78, 5) is 28.0. The molecule has 2 aromatic rings. The molecule has 0 radical (unpaired) electrons. The summed E-state index contributed by atoms with van der Waals surface area (Å²) in [5, 5.41) is 0. The van der Waals surface area contributed by atoms with Gasteiger partial charge in [-0.05, 0) is 54.4 Å². The second kappa shape index (κ2) is 10.8. The minimum absolute atomic E-state index is 0.0194. The molecule has 0 saturated carbocycles. The average molecular weight is 474 g/mol. The molecule has 1 aliphatic carbocycles. The Morgan fingerprint density at radius 2 is 1.57 bits per heavy atom. The van der Waals surface area contributed by atoms with Gasteiger partial charge in [0.15, 0.2) is 0 Å². The first-order valence-corrected chi connectivity index (χ1v) is 13.0. The first-order valence-electron chi connectivity index (χ1n) is 13.0. The van der Waals surface area contributed by atoms with Gasteiger partial charge in [0.1, 0.15) is 12.4 Å². The van der Waals surface area contributed by atoms with Crippen LogP contribution in [0.5, 0.6) is 0 Å². The molecule has 2 fully saturated rings. The SMILES string of the molecule is C=CCCCCCC(=O)C1CC2COCC(C1)N2C(=O)OCC1c2ccccc2-c2ccccc21. The fourth-order valence-electron chi connectivity index (χ4n) is 6.11. The number of allylic oxidation sites excluding steroid dienone is 1. The van der Waals surface area contributed by atoms with Gasteiger partial charge in [0, 0.05) is 18.3 Å². The molecular weight excluding hydrogens is 438 g/mol. The quantitative estimate of drug-likeness (QED) is 0.325. The van der Waals surface area contributed by atoms with Gasteiger partial charge in [0.2, 0.25) is 0 Å². The summed E-state index contributed by atoms with van der Waals surface area (Å²) >= 11 is 0. The molecule has 5 heteroatoms. The minimum atomic E-state index is -0.277. The van der Waals surface area contributed by atoms with E-state index >= 15 is 0 Å². The fourth-order valence-corrected chi connectivity index (χ4v) is 6.11. The van der Waals surface area contributed by atoms with Gasteiger partial charge in [-0.3, -0.25) is 9.69 Å². The summed E-state index contributed by atoms with van der Waals surface area (Å²) in [7, 11) is 0. The van der Waals surface area contributed by atoms with Gasteiger partial charge in [0.25, 0.3) is 0 Å². The van der Waals surface area contributed by atoms with Gasteiger partial charge in [-0.1, -0.05) is 61.0 Å². The molecule has 0 spiro atoms. The molecule has 2 saturated heterocycles. The molecule has 5 rings (SSSR count). The number of carbonyl (C=O) groups is 2. The topological polar surface area (TPSA) is 55.8 Å². The van der Waals surface area contributed by atoms with Crippen LogP contribution in [-0.4, -0.2) is 48.7 Å². The first-order chi connectivity index (χ1) is 17.2. The standard InChI is InChI=1S/C30H35NO4/c1-2-3-4-5-6-15-29(32)21-16-22-18-34-19-23(17-21)31(22)30(33)35-20-28-26-13-9-7-11-24(26)25-12-8-10-14-27(25)28/h2,7-14,21-23,28H,1,3-6,15-20H2. The maximum atomic E-state index is 13.3. The van der Waals surface area contributed by atoms with Crippen LogP contribution in [0.4, 0.5) is 4.79 Å². The molecule has 2 atom stereocenters. The van der Waals surface area contributed by atoms with Crippen LogP contribution in [0, 0.1) is 5.92 Å². The van der Waals surface area contributed by atoms with Crippen LogP contribution in [0.1, 0.15) is 62.0 Å². The van der Waals surface area contributed by atoms with Crippen LogP contribution in [0.15, 0.2) is 61.2 Å². The summed E-state index contributed by atoms with van der Waals surface area (Å²) in [5.74, 6) is 0.404. The molecule has 1 amide bonds. The zero-order valence-corrected chi connectivity index (χ0v) is 20.4. The highest BCUT2D eigenvalue weighted by Crippen LogP contribution is 2.44. The van der Waals surface area contributed by atoms with Crippen LogP contribution >= 0.6 is 0 Å². The van der Waals surface area contributed by atoms with E-state index in [2.05, 4.69) is 43.0 Å². The number of ketones is 1. The maximum Gasteiger partial charge on any atom is 0.410 e. The molecule has 35 heavy (non-hydrogen) atoms. The van der Waals surface area contributed by atoms with E-state index in [-0.39, 0.29) is 30.0 Å². The van der Waals surface area contributed by atoms with E-state index in [1.165, 1.54) is 22.3 Å². The number of rotatable bonds is 9. The van der Waals surface area contributed by atoms with Crippen molar-refractivity contribution in [2.24, 2.45) is 5.92 Å². The number of benzene rings is 2. The van der Waals surface area contributed by atoms with E-state index in [0.717, 1.165) is 25.7 Å². The van der Waals surface area contributed by atoms with Crippen molar-refractivity contribution in [1.29, 1.82) is 0 Å². The van der Waals surface area contributed by atoms with E-state index in [0.29, 0.717) is 44.9 Å². The highest BCUT2D eigenvalue weighted by molar-refractivity contribution is 5.82. The molecule has 2 aromatic carbocycles. The number of fused-ring (bicyclic) bond motifs is 5. The number of hydrogen-bond acceptors (Lipinski definition) is 4. The zero-order chi connectivity index (χ0) is 24.2. The fraction of sp³-hybridized carbons (Fsp3) is 0.467. The van der Waals surface area contributed by atoms with Crippen molar-refractivity contribution >= 4 is 11.9 Å². The molecule has 0 N–H and O–H groups in total. The third kappa shape index (κ3) is 4.92. The predicted molar refractivity (Wildman–Crippen MR) is 136 cm³/mol. The summed E-state index contributed by atoms with van der Waals surface area (Å²) in [6.45, 7) is 5.02. The second-order valence-corrected chi connectivity index (χ2v) is 10.1. The van der Waals surface area contributed by atoms with Gasteiger partial charge in [-0.2, -0.15) is 0 Å². The molecule has 2 heterocycles. The third-order valence-electron chi connectivity index (χ3n) is 7.85. The van der Waals surface area contributed by atoms with E-state index in [9.17, 15) is 9.59 Å². The van der Waals surface area contributed by atoms with Gasteiger partial charge in [-0.25, -0.2) is 4.79 Å². The largest absolute Gasteiger partial charge is 0.448 e. The number of ether oxygens (including phenoxy) is 2. The number of piperidine rings is 1. The summed E-state index contributed by atoms with van der Waals surface area (Å²) in [6.07, 6.45) is 7.73. The first kappa shape index (κ1) is 23.8. The summed E-state index contributed by atoms with van der Waals surface area (Å²) in [6, 6.07) is 16.6. The van der Waals surface area contributed by atoms with Crippen LogP contribution in [0.25, 0.3) is 11.1 Å². The van der Waals surface area contributed by atoms with Crippen molar-refractivity contribution < 1.29 is 19.1 Å². The molecule has 2 aliphatic heterocycles. The Morgan fingerprint density at radius 3 is 2.20 bits per heavy atom. The highest BCUT2D eigenvalue weighted by atomic mass is 16.6. The minimum Gasteiger partial charge on any atom is -0.448 e. The Bertz CT molecular complexity index is 1020. The van der Waals surface area contributed by atoms with Gasteiger partial charge in [-0.15, -0.1) is 6.58 Å². The van der Waals surface area contributed by atoms with Gasteiger partial charge < -0.3 is 9.47 Å². The van der Waals surface area contributed by atoms with Crippen LogP contribution in [0.3, 0.4) is 0 Å². The van der Waals surface area contributed by atoms with Crippen LogP contribution in [-0.2, 0) is 14.3 Å². The van der Waals surface area contributed by atoms with Crippen molar-refractivity contribution in [2.45, 2.75) is 62.9 Å². The number of Topliss-reactive ketones (excluding diaryl/α,β-unsaturated/α-hetero) is 1. The molecule has 2 bridgehead atoms. The maximum absolute atomic E-state index is 13.3. The number of morpholine rings is 1. The number of amides is 1. The van der Waals surface area contributed by atoms with Crippen molar-refractivity contribution in [1.82, 2.24) is 4.90 Å². The van der Waals surface area contributed by atoms with Crippen molar-refractivity contribution in [3.8, 4) is 11.1 Å². The number of hydrogen-bond donors (Lipinski definition) is 0. The Balaban J connectivity index is 1.20. The van der Waals surface area contributed by atoms with E-state index in [1.807, 2.05) is 23.1 Å². The molecule has 0 aromatic heterocycles. The third-order valence-corrected chi connectivity index (χ3v) is 7.85. The summed E-state index contributed by atoms with van der Waals surface area (Å²) in [5.41, 5.74) is 4.86. The van der Waals surface area contributed by atoms with E-state index in [1.54, 1.807) is 0 Å². The number of nitrogens with zero attached hydrogens (tertiary/aromatic N) is 1. The lowest BCUT2D eigenvalue weighted by Crippen LogP contribution is -2.60. The normalized spacial score (nSPS) is 22.9. The van der Waals surface area contributed by atoms with Gasteiger partial charge in [0.05, 0.1) is 25.3 Å². The Morgan fingerprint density at radius 1 is 0.943 bits per heavy atom. The lowest BCUT2D eigenvalue weighted by atomic mass is 9.81.